The molecule has 0 radical (unpaired) electrons. The number of benzene rings is 2. The van der Waals surface area contributed by atoms with Gasteiger partial charge in [-0.25, -0.2) is 0 Å². The maximum atomic E-state index is 11.5. The van der Waals surface area contributed by atoms with Crippen LogP contribution in [0.3, 0.4) is 0 Å². The molecule has 0 aliphatic heterocycles. The fourth-order valence-corrected chi connectivity index (χ4v) is 9.35. The molecule has 0 unspecified atom stereocenters. The van der Waals surface area contributed by atoms with Gasteiger partial charge in [-0.2, -0.15) is 0 Å². The van der Waals surface area contributed by atoms with Crippen LogP contribution in [0.25, 0.3) is 0 Å². The van der Waals surface area contributed by atoms with E-state index in [1.807, 2.05) is 24.3 Å². The number of phenolic OH excluding ortho intramolecular Hbond substituents is 1. The highest BCUT2D eigenvalue weighted by atomic mass is 16.3. The van der Waals surface area contributed by atoms with E-state index in [1.54, 1.807) is 0 Å². The van der Waals surface area contributed by atoms with Crippen molar-refractivity contribution in [3.05, 3.63) is 58.7 Å². The molecule has 232 valence electrons. The highest BCUT2D eigenvalue weighted by molar-refractivity contribution is 5.44. The lowest BCUT2D eigenvalue weighted by Crippen LogP contribution is -2.44. The van der Waals surface area contributed by atoms with Gasteiger partial charge in [-0.1, -0.05) is 83.3 Å². The van der Waals surface area contributed by atoms with Gasteiger partial charge in [0.05, 0.1) is 12.7 Å². The summed E-state index contributed by atoms with van der Waals surface area (Å²) in [7, 11) is 0. The van der Waals surface area contributed by atoms with Crippen molar-refractivity contribution in [1.29, 1.82) is 0 Å². The molecule has 5 rings (SSSR count). The zero-order valence-electron chi connectivity index (χ0n) is 26.2. The predicted molar refractivity (Wildman–Crippen MR) is 173 cm³/mol. The van der Waals surface area contributed by atoms with E-state index in [0.717, 1.165) is 30.5 Å². The van der Waals surface area contributed by atoms with E-state index >= 15 is 0 Å². The van der Waals surface area contributed by atoms with Gasteiger partial charge in [-0.05, 0) is 127 Å². The molecule has 0 aromatic heterocycles. The summed E-state index contributed by atoms with van der Waals surface area (Å²) in [6.07, 6.45) is 22.5. The number of phenols is 1. The Morgan fingerprint density at radius 3 is 2.21 bits per heavy atom. The minimum Gasteiger partial charge on any atom is -0.508 e. The smallest absolute Gasteiger partial charge is 0.115 e. The Balaban J connectivity index is 0.918. The molecule has 2 saturated carbocycles. The Labute approximate surface area is 255 Å². The molecule has 0 amide bonds. The molecule has 6 atom stereocenters. The van der Waals surface area contributed by atoms with E-state index in [0.29, 0.717) is 29.4 Å². The van der Waals surface area contributed by atoms with Crippen molar-refractivity contribution in [2.24, 2.45) is 23.2 Å². The summed E-state index contributed by atoms with van der Waals surface area (Å²) in [5.74, 6) is 2.85. The number of nitrogens with two attached hydrogens (primary N) is 1. The number of unbranched alkanes of at least 4 members (excludes halogenated alkanes) is 10. The number of aliphatic hydroxyl groups is 2. The van der Waals surface area contributed by atoms with Crippen molar-refractivity contribution in [2.45, 2.75) is 141 Å². The second kappa shape index (κ2) is 14.6. The van der Waals surface area contributed by atoms with E-state index in [2.05, 4.69) is 19.1 Å². The average molecular weight is 576 g/mol. The van der Waals surface area contributed by atoms with Gasteiger partial charge in [-0.15, -0.1) is 0 Å². The highest BCUT2D eigenvalue weighted by Crippen LogP contribution is 2.62. The lowest BCUT2D eigenvalue weighted by atomic mass is 9.55. The lowest BCUT2D eigenvalue weighted by Gasteiger charge is -2.50. The summed E-state index contributed by atoms with van der Waals surface area (Å²) in [5, 5.41) is 30.8. The molecule has 2 aromatic carbocycles. The Morgan fingerprint density at radius 1 is 0.833 bits per heavy atom. The van der Waals surface area contributed by atoms with Gasteiger partial charge in [0.2, 0.25) is 0 Å². The second-order valence-electron chi connectivity index (χ2n) is 14.5. The first kappa shape index (κ1) is 31.4. The SMILES string of the molecule is C[C@]12CC[C@@H]3c4ccc(O)cc4CC[C@H]3[C@@H]1C[C@H](CCCCCCCCCCCCCc1cc(N)cc(CO)c1)[C@@H]2O. The molecule has 4 nitrogen and oxygen atoms in total. The molecule has 2 aromatic rings. The summed E-state index contributed by atoms with van der Waals surface area (Å²) in [6.45, 7) is 2.46. The molecule has 3 aliphatic rings. The van der Waals surface area contributed by atoms with E-state index in [1.165, 1.54) is 113 Å². The van der Waals surface area contributed by atoms with Gasteiger partial charge in [0, 0.05) is 5.69 Å². The Hall–Kier alpha value is -2.04. The Morgan fingerprint density at radius 2 is 1.50 bits per heavy atom. The van der Waals surface area contributed by atoms with Crippen LogP contribution in [0, 0.1) is 23.2 Å². The normalized spacial score (nSPS) is 28.3. The first-order chi connectivity index (χ1) is 20.4. The van der Waals surface area contributed by atoms with Gasteiger partial charge in [0.15, 0.2) is 0 Å². The molecule has 0 saturated heterocycles. The third kappa shape index (κ3) is 7.36. The van der Waals surface area contributed by atoms with Crippen LogP contribution in [0.1, 0.15) is 138 Å². The molecule has 3 aliphatic carbocycles. The fourth-order valence-electron chi connectivity index (χ4n) is 9.35. The number of nitrogen functional groups attached to an aromatic ring is 1. The molecular formula is C38H57NO3. The lowest BCUT2D eigenvalue weighted by molar-refractivity contribution is -0.0335. The van der Waals surface area contributed by atoms with Gasteiger partial charge >= 0.3 is 0 Å². The van der Waals surface area contributed by atoms with Gasteiger partial charge in [-0.3, -0.25) is 0 Å². The minimum absolute atomic E-state index is 0.0623. The number of anilines is 1. The van der Waals surface area contributed by atoms with Crippen LogP contribution in [0.4, 0.5) is 5.69 Å². The summed E-state index contributed by atoms with van der Waals surface area (Å²) < 4.78 is 0. The van der Waals surface area contributed by atoms with Crippen molar-refractivity contribution in [3.63, 3.8) is 0 Å². The van der Waals surface area contributed by atoms with Gasteiger partial charge < -0.3 is 21.1 Å². The summed E-state index contributed by atoms with van der Waals surface area (Å²) in [4.78, 5) is 0. The Bertz CT molecular complexity index is 1150. The maximum Gasteiger partial charge on any atom is 0.115 e. The number of aryl methyl sites for hydroxylation is 2. The number of aromatic hydroxyl groups is 1. The molecule has 0 bridgehead atoms. The molecule has 0 spiro atoms. The molecular weight excluding hydrogens is 518 g/mol. The van der Waals surface area contributed by atoms with Crippen molar-refractivity contribution in [1.82, 2.24) is 0 Å². The van der Waals surface area contributed by atoms with Crippen LogP contribution in [-0.4, -0.2) is 21.4 Å². The van der Waals surface area contributed by atoms with E-state index in [-0.39, 0.29) is 18.1 Å². The van der Waals surface area contributed by atoms with E-state index in [9.17, 15) is 15.3 Å². The number of fused-ring (bicyclic) bond motifs is 5. The second-order valence-corrected chi connectivity index (χ2v) is 14.5. The summed E-state index contributed by atoms with van der Waals surface area (Å²) in [5.41, 5.74) is 11.8. The quantitative estimate of drug-likeness (QED) is 0.126. The minimum atomic E-state index is -0.131. The van der Waals surface area contributed by atoms with Crippen molar-refractivity contribution in [2.75, 3.05) is 5.73 Å². The number of hydrogen-bond acceptors (Lipinski definition) is 4. The monoisotopic (exact) mass is 575 g/mol. The topological polar surface area (TPSA) is 86.7 Å². The molecule has 2 fully saturated rings. The van der Waals surface area contributed by atoms with Crippen LogP contribution in [-0.2, 0) is 19.4 Å². The van der Waals surface area contributed by atoms with Crippen LogP contribution in [0.2, 0.25) is 0 Å². The van der Waals surface area contributed by atoms with Crippen LogP contribution in [0.15, 0.2) is 36.4 Å². The largest absolute Gasteiger partial charge is 0.508 e. The molecule has 0 heterocycles. The first-order valence-electron chi connectivity index (χ1n) is 17.4. The molecule has 42 heavy (non-hydrogen) atoms. The van der Waals surface area contributed by atoms with Crippen molar-refractivity contribution < 1.29 is 15.3 Å². The zero-order chi connectivity index (χ0) is 29.5. The van der Waals surface area contributed by atoms with Gasteiger partial charge in [0.1, 0.15) is 5.75 Å². The fraction of sp³-hybridized carbons (Fsp3) is 0.684. The molecule has 5 N–H and O–H groups in total. The Kier molecular flexibility index (Phi) is 10.9. The standard InChI is InChI=1S/C38H57NO3/c1-38-20-19-34-33-18-16-32(41)24-29(33)15-17-35(34)36(38)25-30(37(38)42)14-12-10-8-6-4-2-3-5-7-9-11-13-27-21-28(26-40)23-31(39)22-27/h16,18,21-24,30,34-37,40-42H,2-15,17,19-20,25-26,39H2,1H3/t30-,34+,35+,36-,37-,38-/m0/s1. The number of rotatable bonds is 15. The average Bonchev–Trinajstić information content (AvgIpc) is 3.24. The van der Waals surface area contributed by atoms with Crippen LogP contribution < -0.4 is 5.73 Å². The number of aliphatic hydroxyl groups excluding tert-OH is 2. The third-order valence-corrected chi connectivity index (χ3v) is 11.6. The molecule has 4 heteroatoms. The van der Waals surface area contributed by atoms with Crippen LogP contribution >= 0.6 is 0 Å². The number of hydrogen-bond donors (Lipinski definition) is 4. The maximum absolute atomic E-state index is 11.5. The zero-order valence-corrected chi connectivity index (χ0v) is 26.2. The third-order valence-electron chi connectivity index (χ3n) is 11.6. The van der Waals surface area contributed by atoms with Gasteiger partial charge in [0.25, 0.3) is 0 Å². The highest BCUT2D eigenvalue weighted by Gasteiger charge is 2.57. The predicted octanol–water partition coefficient (Wildman–Crippen LogP) is 8.83. The van der Waals surface area contributed by atoms with Crippen LogP contribution in [0.5, 0.6) is 5.75 Å². The van der Waals surface area contributed by atoms with Crippen molar-refractivity contribution in [3.8, 4) is 5.75 Å². The summed E-state index contributed by atoms with van der Waals surface area (Å²) in [6, 6.07) is 12.0. The van der Waals surface area contributed by atoms with E-state index < -0.39 is 0 Å². The summed E-state index contributed by atoms with van der Waals surface area (Å²) >= 11 is 0. The van der Waals surface area contributed by atoms with Crippen molar-refractivity contribution >= 4 is 5.69 Å². The first-order valence-corrected chi connectivity index (χ1v) is 17.4. The van der Waals surface area contributed by atoms with E-state index in [4.69, 9.17) is 5.73 Å².